The van der Waals surface area contributed by atoms with Crippen molar-refractivity contribution in [1.82, 2.24) is 66.0 Å². The predicted molar refractivity (Wildman–Crippen MR) is 382 cm³/mol. The minimum atomic E-state index is 0.228. The predicted octanol–water partition coefficient (Wildman–Crippen LogP) is 12.6. The van der Waals surface area contributed by atoms with E-state index in [4.69, 9.17) is 65.5 Å². The van der Waals surface area contributed by atoms with Crippen LogP contribution in [-0.2, 0) is 17.9 Å². The molecule has 1 amide bonds. The summed E-state index contributed by atoms with van der Waals surface area (Å²) in [5.74, 6) is 4.13. The van der Waals surface area contributed by atoms with E-state index in [9.17, 15) is 4.79 Å². The van der Waals surface area contributed by atoms with E-state index >= 15 is 0 Å². The molecule has 468 valence electrons. The van der Waals surface area contributed by atoms with Crippen molar-refractivity contribution >= 4 is 175 Å². The molecule has 13 rings (SSSR count). The number of anilines is 5. The van der Waals surface area contributed by atoms with E-state index in [1.54, 1.807) is 54.8 Å². The van der Waals surface area contributed by atoms with Crippen LogP contribution in [0.1, 0.15) is 94.9 Å². The third-order valence-electron chi connectivity index (χ3n) is 14.5. The first-order valence-electron chi connectivity index (χ1n) is 29.0. The fourth-order valence-electron chi connectivity index (χ4n) is 11.0. The van der Waals surface area contributed by atoms with E-state index < -0.39 is 0 Å². The molecule has 4 aliphatic carbocycles. The number of hydrogen-bond acceptors (Lipinski definition) is 18. The average molecular weight is 1380 g/mol. The lowest BCUT2D eigenvalue weighted by atomic mass is 9.49. The molecule has 4 saturated carbocycles. The number of benzene rings is 1. The first-order chi connectivity index (χ1) is 42.9. The lowest BCUT2D eigenvalue weighted by molar-refractivity contribution is -0.127. The molecule has 5 aliphatic rings. The number of nitrogens with one attached hydrogen (secondary N) is 10. The van der Waals surface area contributed by atoms with E-state index in [2.05, 4.69) is 102 Å². The first-order valence-corrected chi connectivity index (χ1v) is 35.4. The molecule has 1 aliphatic heterocycles. The summed E-state index contributed by atoms with van der Waals surface area (Å²) < 4.78 is 7.20. The number of carbonyl (C=O) groups is 1. The van der Waals surface area contributed by atoms with Gasteiger partial charge >= 0.3 is 0 Å². The molecule has 88 heavy (non-hydrogen) atoms. The van der Waals surface area contributed by atoms with Gasteiger partial charge in [0.25, 0.3) is 0 Å². The number of furan rings is 1. The fraction of sp³-hybridized carbons (Fsp3) is 0.414. The number of carbonyl (C=O) groups excluding carboxylic acids is 1. The van der Waals surface area contributed by atoms with Gasteiger partial charge in [-0.2, -0.15) is 0 Å². The summed E-state index contributed by atoms with van der Waals surface area (Å²) in [6, 6.07) is 14.3. The van der Waals surface area contributed by atoms with Gasteiger partial charge in [0, 0.05) is 116 Å². The van der Waals surface area contributed by atoms with Gasteiger partial charge in [0.05, 0.1) is 25.2 Å². The van der Waals surface area contributed by atoms with Crippen molar-refractivity contribution in [2.45, 2.75) is 96.7 Å². The van der Waals surface area contributed by atoms with E-state index in [-0.39, 0.29) is 11.9 Å². The number of aryl methyl sites for hydroxylation is 1. The van der Waals surface area contributed by atoms with Crippen LogP contribution in [0.3, 0.4) is 0 Å². The summed E-state index contributed by atoms with van der Waals surface area (Å²) in [6.07, 6.45) is 29.3. The zero-order chi connectivity index (χ0) is 61.6. The molecule has 4 bridgehead atoms. The van der Waals surface area contributed by atoms with Gasteiger partial charge < -0.3 is 67.1 Å². The third kappa shape index (κ3) is 24.3. The molecule has 30 heteroatoms. The van der Waals surface area contributed by atoms with Crippen molar-refractivity contribution in [3.63, 3.8) is 0 Å². The Bertz CT molecular complexity index is 3210. The number of nitrogens with zero attached hydrogens (tertiary/aromatic N) is 8. The number of likely N-dealkylation sites (tertiary alicyclic amines) is 1. The SMILES string of the molecule is CCC(NC(=S)Nc1nccs1)c1ccccc1.O=C1CCCN1CCCNC(=S)Nc1nccs1.S=C(NCC12CC3CC(CC(C3)C1)C2)Nc1nccs1.S=C(NCCCn1ccnc1)Nc1nccs1.S=C(NCc1ccco1)Nc1nccs1. The number of imidazole rings is 1. The van der Waals surface area contributed by atoms with Crippen LogP contribution < -0.4 is 53.2 Å². The van der Waals surface area contributed by atoms with Gasteiger partial charge in [-0.25, -0.2) is 29.9 Å². The molecule has 8 aromatic rings. The molecule has 1 unspecified atom stereocenters. The van der Waals surface area contributed by atoms with Crippen molar-refractivity contribution in [3.8, 4) is 0 Å². The monoisotopic (exact) mass is 1370 g/mol. The molecule has 0 radical (unpaired) electrons. The van der Waals surface area contributed by atoms with Crippen molar-refractivity contribution in [1.29, 1.82) is 0 Å². The molecule has 1 aromatic carbocycles. The Hall–Kier alpha value is -6.22. The van der Waals surface area contributed by atoms with Gasteiger partial charge in [0.2, 0.25) is 5.91 Å². The Kier molecular flexibility index (Phi) is 28.5. The molecule has 5 fully saturated rings. The second-order valence-electron chi connectivity index (χ2n) is 21.0. The van der Waals surface area contributed by atoms with E-state index in [1.807, 2.05) is 79.2 Å². The second-order valence-corrected chi connectivity index (χ2v) is 27.5. The Labute approximate surface area is 561 Å². The molecular formula is C58H74N18O2S10. The Morgan fingerprint density at radius 2 is 1.10 bits per heavy atom. The summed E-state index contributed by atoms with van der Waals surface area (Å²) in [4.78, 5) is 37.9. The lowest BCUT2D eigenvalue weighted by Gasteiger charge is -2.57. The van der Waals surface area contributed by atoms with Crippen LogP contribution in [0.25, 0.3) is 0 Å². The maximum atomic E-state index is 11.4. The zero-order valence-electron chi connectivity index (χ0n) is 48.6. The summed E-state index contributed by atoms with van der Waals surface area (Å²) in [7, 11) is 0. The maximum absolute atomic E-state index is 11.4. The van der Waals surface area contributed by atoms with Gasteiger partial charge in [-0.15, -0.1) is 56.7 Å². The van der Waals surface area contributed by atoms with Crippen LogP contribution in [0.4, 0.5) is 25.7 Å². The number of thiocarbonyl (C=S) groups is 5. The number of thiazole rings is 5. The van der Waals surface area contributed by atoms with Crippen LogP contribution in [0.2, 0.25) is 0 Å². The lowest BCUT2D eigenvalue weighted by Crippen LogP contribution is -2.51. The Balaban J connectivity index is 0.000000143. The van der Waals surface area contributed by atoms with Crippen LogP contribution in [0.15, 0.2) is 130 Å². The second kappa shape index (κ2) is 37.1. The van der Waals surface area contributed by atoms with Crippen LogP contribution in [0.5, 0.6) is 0 Å². The van der Waals surface area contributed by atoms with Crippen molar-refractivity contribution in [2.24, 2.45) is 23.2 Å². The summed E-state index contributed by atoms with van der Waals surface area (Å²) in [6.45, 7) is 8.00. The van der Waals surface area contributed by atoms with Crippen LogP contribution in [-0.4, -0.2) is 104 Å². The highest BCUT2D eigenvalue weighted by atomic mass is 32.1. The Morgan fingerprint density at radius 1 is 0.614 bits per heavy atom. The highest BCUT2D eigenvalue weighted by molar-refractivity contribution is 7.81. The Morgan fingerprint density at radius 3 is 1.53 bits per heavy atom. The number of aromatic nitrogens is 7. The van der Waals surface area contributed by atoms with Gasteiger partial charge in [-0.3, -0.25) is 4.79 Å². The van der Waals surface area contributed by atoms with E-state index in [0.29, 0.717) is 38.8 Å². The minimum Gasteiger partial charge on any atom is -0.467 e. The fourth-order valence-corrected chi connectivity index (χ4v) is 15.0. The molecule has 8 heterocycles. The minimum absolute atomic E-state index is 0.228. The normalized spacial score (nSPS) is 17.7. The number of hydrogen-bond donors (Lipinski definition) is 10. The average Bonchev–Trinajstić information content (AvgIpc) is 1.17. The molecule has 7 aromatic heterocycles. The molecule has 0 spiro atoms. The maximum Gasteiger partial charge on any atom is 0.222 e. The van der Waals surface area contributed by atoms with E-state index in [0.717, 1.165) is 119 Å². The summed E-state index contributed by atoms with van der Waals surface area (Å²) >= 11 is 33.7. The van der Waals surface area contributed by atoms with Crippen molar-refractivity contribution in [2.75, 3.05) is 59.3 Å². The topological polar surface area (TPSA) is 236 Å². The highest BCUT2D eigenvalue weighted by Crippen LogP contribution is 2.59. The van der Waals surface area contributed by atoms with Gasteiger partial charge in [-0.1, -0.05) is 37.3 Å². The smallest absolute Gasteiger partial charge is 0.222 e. The summed E-state index contributed by atoms with van der Waals surface area (Å²) in [5.41, 5.74) is 1.77. The molecule has 1 atom stereocenters. The highest BCUT2D eigenvalue weighted by Gasteiger charge is 2.50. The summed E-state index contributed by atoms with van der Waals surface area (Å²) in [5, 5.41) is 48.0. The molecule has 20 nitrogen and oxygen atoms in total. The molecule has 10 N–H and O–H groups in total. The standard InChI is InChI=1S/C15H21N3S2.C13H15N3S2.C11H16N4OS2.C10H13N5S2.C9H9N3OS2/c19-13(18-14-16-1-2-20-14)17-9-15-6-10-3-11(7-15)5-12(4-10)8-15;1-2-11(10-6-4-3-5-7-10)15-12(17)16-13-14-8-9-18-13;16-9-3-1-6-15(9)7-2-4-12-10(17)14-11-13-5-8-18-11;16-9(14-10-13-4-7-17-10)12-2-1-5-15-6-3-11-8-15;14-8(12-9-10-3-5-15-9)11-6-7-2-1-4-13-7/h1-2,10-12H,3-9H2,(H2,16,17,18,19);3-9,11H,2H2,1H3,(H2,14,15,16,17);5,8H,1-4,6-7H2,(H2,12,13,14,17);3-4,6-8H,1-2,5H2,(H2,12,13,14,16);1-5H,6H2,(H2,10,11,12,14). The number of rotatable bonds is 20. The van der Waals surface area contributed by atoms with Crippen LogP contribution >= 0.6 is 118 Å². The first kappa shape index (κ1) is 67.7. The van der Waals surface area contributed by atoms with Crippen molar-refractivity contribution in [3.05, 3.63) is 137 Å². The van der Waals surface area contributed by atoms with E-state index in [1.165, 1.54) is 89.4 Å². The third-order valence-corrected chi connectivity index (χ3v) is 19.1. The zero-order valence-corrected chi connectivity index (χ0v) is 56.8. The quantitative estimate of drug-likeness (QED) is 0.0252. The molecular weight excluding hydrogens is 1300 g/mol. The largest absolute Gasteiger partial charge is 0.467 e. The molecule has 1 saturated heterocycles. The number of amides is 1. The van der Waals surface area contributed by atoms with Gasteiger partial charge in [0.15, 0.2) is 51.2 Å². The van der Waals surface area contributed by atoms with Gasteiger partial charge in [-0.05, 0) is 166 Å². The van der Waals surface area contributed by atoms with Crippen molar-refractivity contribution < 1.29 is 9.21 Å². The van der Waals surface area contributed by atoms with Crippen LogP contribution in [0, 0.1) is 23.2 Å². The van der Waals surface area contributed by atoms with Gasteiger partial charge in [0.1, 0.15) is 5.76 Å².